The molecule has 0 aliphatic heterocycles. The molecule has 3 aromatic heterocycles. The fourth-order valence-corrected chi connectivity index (χ4v) is 3.10. The minimum Gasteiger partial charge on any atom is -0.345 e. The third-order valence-electron chi connectivity index (χ3n) is 4.88. The monoisotopic (exact) mass is 434 g/mol. The maximum Gasteiger partial charge on any atom is 0.435 e. The lowest BCUT2D eigenvalue weighted by Gasteiger charge is -2.05. The van der Waals surface area contributed by atoms with Crippen molar-refractivity contribution < 1.29 is 18.0 Å². The van der Waals surface area contributed by atoms with E-state index in [1.807, 2.05) is 32.0 Å². The molecule has 166 valence electrons. The predicted molar refractivity (Wildman–Crippen MR) is 109 cm³/mol. The molecule has 31 heavy (non-hydrogen) atoms. The first-order chi connectivity index (χ1) is 14.7. The van der Waals surface area contributed by atoms with Crippen LogP contribution >= 0.6 is 0 Å². The molecule has 1 aliphatic rings. The smallest absolute Gasteiger partial charge is 0.345 e. The summed E-state index contributed by atoms with van der Waals surface area (Å²) in [5.41, 5.74) is 2.20. The summed E-state index contributed by atoms with van der Waals surface area (Å²) in [5.74, 6) is -0.115. The highest BCUT2D eigenvalue weighted by Crippen LogP contribution is 2.39. The van der Waals surface area contributed by atoms with E-state index in [4.69, 9.17) is 0 Å². The summed E-state index contributed by atoms with van der Waals surface area (Å²) < 4.78 is 40.9. The largest absolute Gasteiger partial charge is 0.435 e. The average Bonchev–Trinajstić information content (AvgIpc) is 3.42. The van der Waals surface area contributed by atoms with Crippen LogP contribution in [0, 0.1) is 0 Å². The zero-order valence-electron chi connectivity index (χ0n) is 17.9. The lowest BCUT2D eigenvalue weighted by Crippen LogP contribution is -2.26. The van der Waals surface area contributed by atoms with Crippen LogP contribution in [0.5, 0.6) is 0 Å². The van der Waals surface area contributed by atoms with E-state index in [0.29, 0.717) is 5.92 Å². The summed E-state index contributed by atoms with van der Waals surface area (Å²) in [6.45, 7) is 4.12. The van der Waals surface area contributed by atoms with Crippen molar-refractivity contribution in [3.05, 3.63) is 53.2 Å². The molecule has 0 unspecified atom stereocenters. The van der Waals surface area contributed by atoms with Crippen molar-refractivity contribution in [2.75, 3.05) is 0 Å². The van der Waals surface area contributed by atoms with Gasteiger partial charge in [-0.05, 0) is 31.0 Å². The number of aromatic nitrogens is 5. The van der Waals surface area contributed by atoms with Crippen LogP contribution in [0.15, 0.2) is 30.5 Å². The van der Waals surface area contributed by atoms with Crippen LogP contribution in [0.3, 0.4) is 0 Å². The Morgan fingerprint density at radius 2 is 1.84 bits per heavy atom. The number of aryl methyl sites for hydroxylation is 2. The van der Waals surface area contributed by atoms with Crippen LogP contribution in [0.4, 0.5) is 13.2 Å². The number of halogens is 3. The lowest BCUT2D eigenvalue weighted by atomic mass is 10.1. The highest BCUT2D eigenvalue weighted by atomic mass is 19.4. The number of alkyl halides is 3. The van der Waals surface area contributed by atoms with Crippen molar-refractivity contribution in [2.45, 2.75) is 45.3 Å². The van der Waals surface area contributed by atoms with Crippen LogP contribution in [0.2, 0.25) is 0 Å². The van der Waals surface area contributed by atoms with Gasteiger partial charge in [-0.3, -0.25) is 19.1 Å². The SMILES string of the molecule is CC.Cn1nc(-c2ccnc(C3CC3)c2)cc1CNC(=O)c1cc(C(F)(F)F)nn1C. The standard InChI is InChI=1S/C19H19F3N6O.C2H6/c1-27-13(8-15(25-27)12-5-6-23-14(7-12)11-3-4-11)10-24-18(29)16-9-17(19(20,21)22)26-28(16)2;1-2/h5-9,11H,3-4,10H2,1-2H3,(H,24,29);1-2H3. The number of pyridine rings is 1. The number of hydrogen-bond donors (Lipinski definition) is 1. The molecule has 4 rings (SSSR count). The highest BCUT2D eigenvalue weighted by Gasteiger charge is 2.35. The number of amides is 1. The molecule has 1 aliphatic carbocycles. The van der Waals surface area contributed by atoms with Crippen LogP contribution in [0.25, 0.3) is 11.3 Å². The molecular weight excluding hydrogens is 409 g/mol. The number of rotatable bonds is 5. The van der Waals surface area contributed by atoms with Gasteiger partial charge < -0.3 is 5.32 Å². The molecule has 0 spiro atoms. The third-order valence-corrected chi connectivity index (χ3v) is 4.88. The summed E-state index contributed by atoms with van der Waals surface area (Å²) >= 11 is 0. The second kappa shape index (κ2) is 8.91. The molecule has 1 fully saturated rings. The summed E-state index contributed by atoms with van der Waals surface area (Å²) in [7, 11) is 3.05. The summed E-state index contributed by atoms with van der Waals surface area (Å²) in [5, 5.41) is 10.5. The van der Waals surface area contributed by atoms with Crippen molar-refractivity contribution in [3.8, 4) is 11.3 Å². The van der Waals surface area contributed by atoms with E-state index in [9.17, 15) is 18.0 Å². The molecule has 3 heterocycles. The van der Waals surface area contributed by atoms with Gasteiger partial charge in [-0.15, -0.1) is 0 Å². The molecule has 0 bridgehead atoms. The van der Waals surface area contributed by atoms with Crippen molar-refractivity contribution >= 4 is 5.91 Å². The Hall–Kier alpha value is -3.17. The number of nitrogens with zero attached hydrogens (tertiary/aromatic N) is 5. The normalized spacial score (nSPS) is 13.5. The molecule has 3 aromatic rings. The second-order valence-corrected chi connectivity index (χ2v) is 7.11. The summed E-state index contributed by atoms with van der Waals surface area (Å²) in [6, 6.07) is 6.48. The van der Waals surface area contributed by atoms with Gasteiger partial charge in [0.1, 0.15) is 5.69 Å². The minimum atomic E-state index is -4.60. The van der Waals surface area contributed by atoms with Gasteiger partial charge in [0.15, 0.2) is 5.69 Å². The fourth-order valence-electron chi connectivity index (χ4n) is 3.10. The number of carbonyl (C=O) groups excluding carboxylic acids is 1. The molecule has 1 amide bonds. The zero-order chi connectivity index (χ0) is 22.8. The van der Waals surface area contributed by atoms with E-state index in [1.165, 1.54) is 7.05 Å². The van der Waals surface area contributed by atoms with Gasteiger partial charge in [-0.1, -0.05) is 13.8 Å². The van der Waals surface area contributed by atoms with Crippen LogP contribution in [0.1, 0.15) is 60.2 Å². The number of carbonyl (C=O) groups is 1. The van der Waals surface area contributed by atoms with E-state index in [1.54, 1.807) is 17.9 Å². The van der Waals surface area contributed by atoms with E-state index in [-0.39, 0.29) is 12.2 Å². The van der Waals surface area contributed by atoms with Crippen LogP contribution in [-0.2, 0) is 26.8 Å². The topological polar surface area (TPSA) is 77.6 Å². The molecule has 0 radical (unpaired) electrons. The Morgan fingerprint density at radius 1 is 1.13 bits per heavy atom. The third kappa shape index (κ3) is 5.12. The molecule has 0 atom stereocenters. The average molecular weight is 434 g/mol. The molecule has 1 saturated carbocycles. The molecule has 10 heteroatoms. The maximum atomic E-state index is 12.8. The first-order valence-electron chi connectivity index (χ1n) is 10.1. The first kappa shape index (κ1) is 22.5. The fraction of sp³-hybridized carbons (Fsp3) is 0.429. The number of nitrogens with one attached hydrogen (secondary N) is 1. The van der Waals surface area contributed by atoms with Gasteiger partial charge in [-0.25, -0.2) is 0 Å². The number of hydrogen-bond acceptors (Lipinski definition) is 4. The van der Waals surface area contributed by atoms with Gasteiger partial charge in [0.25, 0.3) is 5.91 Å². The van der Waals surface area contributed by atoms with Gasteiger partial charge in [0, 0.05) is 43.5 Å². The molecule has 1 N–H and O–H groups in total. The summed E-state index contributed by atoms with van der Waals surface area (Å²) in [6.07, 6.45) is -0.531. The van der Waals surface area contributed by atoms with Crippen molar-refractivity contribution in [3.63, 3.8) is 0 Å². The van der Waals surface area contributed by atoms with Gasteiger partial charge in [0.2, 0.25) is 0 Å². The lowest BCUT2D eigenvalue weighted by molar-refractivity contribution is -0.141. The van der Waals surface area contributed by atoms with Crippen molar-refractivity contribution in [1.82, 2.24) is 29.9 Å². The van der Waals surface area contributed by atoms with E-state index in [2.05, 4.69) is 20.5 Å². The minimum absolute atomic E-state index is 0.120. The van der Waals surface area contributed by atoms with Crippen LogP contribution < -0.4 is 5.32 Å². The highest BCUT2D eigenvalue weighted by molar-refractivity contribution is 5.92. The predicted octanol–water partition coefficient (Wildman–Crippen LogP) is 4.07. The Kier molecular flexibility index (Phi) is 6.47. The second-order valence-electron chi connectivity index (χ2n) is 7.11. The Bertz CT molecular complexity index is 1070. The molecule has 0 saturated heterocycles. The Labute approximate surface area is 178 Å². The Balaban J connectivity index is 0.00000132. The van der Waals surface area contributed by atoms with Gasteiger partial charge in [0.05, 0.1) is 17.9 Å². The summed E-state index contributed by atoms with van der Waals surface area (Å²) in [4.78, 5) is 16.7. The van der Waals surface area contributed by atoms with Crippen molar-refractivity contribution in [2.24, 2.45) is 14.1 Å². The Morgan fingerprint density at radius 3 is 2.45 bits per heavy atom. The first-order valence-corrected chi connectivity index (χ1v) is 10.1. The van der Waals surface area contributed by atoms with E-state index < -0.39 is 17.8 Å². The van der Waals surface area contributed by atoms with Gasteiger partial charge in [-0.2, -0.15) is 23.4 Å². The van der Waals surface area contributed by atoms with E-state index in [0.717, 1.165) is 46.2 Å². The van der Waals surface area contributed by atoms with Crippen LogP contribution in [-0.4, -0.2) is 30.5 Å². The maximum absolute atomic E-state index is 12.8. The zero-order valence-corrected chi connectivity index (χ0v) is 17.9. The molecular formula is C21H25F3N6O. The molecule has 0 aromatic carbocycles. The quantitative estimate of drug-likeness (QED) is 0.657. The molecule has 7 nitrogen and oxygen atoms in total. The van der Waals surface area contributed by atoms with Crippen molar-refractivity contribution in [1.29, 1.82) is 0 Å². The van der Waals surface area contributed by atoms with E-state index >= 15 is 0 Å². The van der Waals surface area contributed by atoms with Gasteiger partial charge >= 0.3 is 6.18 Å².